The lowest BCUT2D eigenvalue weighted by molar-refractivity contribution is -0.137. The largest absolute Gasteiger partial charge is 0.418 e. The highest BCUT2D eigenvalue weighted by Crippen LogP contribution is 2.33. The molecule has 1 atom stereocenters. The van der Waals surface area contributed by atoms with Gasteiger partial charge in [-0.1, -0.05) is 25.5 Å². The maximum absolute atomic E-state index is 13.0. The van der Waals surface area contributed by atoms with Gasteiger partial charge in [0, 0.05) is 48.9 Å². The fourth-order valence-corrected chi connectivity index (χ4v) is 4.94. The fraction of sp³-hybridized carbons (Fsp3) is 0.333. The second-order valence-corrected chi connectivity index (χ2v) is 9.64. The molecule has 208 valence electrons. The summed E-state index contributed by atoms with van der Waals surface area (Å²) >= 11 is 0. The van der Waals surface area contributed by atoms with Crippen molar-refractivity contribution in [1.29, 1.82) is 0 Å². The Labute approximate surface area is 227 Å². The molecule has 0 spiro atoms. The van der Waals surface area contributed by atoms with Crippen molar-refractivity contribution in [2.75, 3.05) is 24.1 Å². The Kier molecular flexibility index (Phi) is 7.37. The summed E-state index contributed by atoms with van der Waals surface area (Å²) in [5.41, 5.74) is 7.33. The first kappa shape index (κ1) is 27.0. The smallest absolute Gasteiger partial charge is 0.382 e. The number of nitrogen functional groups attached to an aromatic ring is 1. The molecule has 1 aromatic carbocycles. The van der Waals surface area contributed by atoms with Crippen LogP contribution in [-0.2, 0) is 11.0 Å². The lowest BCUT2D eigenvalue weighted by Gasteiger charge is -2.22. The van der Waals surface area contributed by atoms with E-state index in [1.807, 2.05) is 9.30 Å². The lowest BCUT2D eigenvalue weighted by Crippen LogP contribution is -2.30. The van der Waals surface area contributed by atoms with Gasteiger partial charge in [0.25, 0.3) is 5.91 Å². The Bertz CT molecular complexity index is 1550. The Hall–Kier alpha value is -4.55. The number of nitrogens with two attached hydrogens (primary N) is 1. The number of carbonyl (C=O) groups is 2. The number of likely N-dealkylation sites (tertiary alicyclic amines) is 1. The van der Waals surface area contributed by atoms with Crippen LogP contribution < -0.4 is 11.1 Å². The molecule has 0 aliphatic carbocycles. The van der Waals surface area contributed by atoms with E-state index < -0.39 is 17.6 Å². The molecule has 3 aromatic heterocycles. The molecule has 0 radical (unpaired) electrons. The fourth-order valence-electron chi connectivity index (χ4n) is 4.94. The van der Waals surface area contributed by atoms with Gasteiger partial charge in [-0.3, -0.25) is 14.0 Å². The SMILES string of the molecule is CCCC(CN1CCCC1=O)c1nc(-c2ccc(C(=O)Nc3cc(C(F)(F)F)cnn3)cc2)c2c(N)nccn12. The number of rotatable bonds is 8. The van der Waals surface area contributed by atoms with Crippen molar-refractivity contribution in [3.63, 3.8) is 0 Å². The molecular formula is C27H27F3N8O2. The number of amides is 2. The molecular weight excluding hydrogens is 525 g/mol. The summed E-state index contributed by atoms with van der Waals surface area (Å²) in [5, 5.41) is 9.23. The molecule has 0 saturated carbocycles. The highest BCUT2D eigenvalue weighted by atomic mass is 19.4. The van der Waals surface area contributed by atoms with Gasteiger partial charge in [-0.15, -0.1) is 5.10 Å². The van der Waals surface area contributed by atoms with E-state index in [-0.39, 0.29) is 29.0 Å². The Morgan fingerprint density at radius 3 is 2.67 bits per heavy atom. The first-order valence-electron chi connectivity index (χ1n) is 12.9. The van der Waals surface area contributed by atoms with Crippen molar-refractivity contribution in [3.05, 3.63) is 65.9 Å². The van der Waals surface area contributed by atoms with Gasteiger partial charge >= 0.3 is 6.18 Å². The van der Waals surface area contributed by atoms with Gasteiger partial charge in [-0.05, 0) is 31.0 Å². The number of nitrogens with one attached hydrogen (secondary N) is 1. The molecule has 4 aromatic rings. The molecule has 13 heteroatoms. The predicted molar refractivity (Wildman–Crippen MR) is 141 cm³/mol. The maximum atomic E-state index is 13.0. The number of alkyl halides is 3. The minimum atomic E-state index is -4.61. The van der Waals surface area contributed by atoms with Gasteiger partial charge in [0.05, 0.1) is 11.8 Å². The van der Waals surface area contributed by atoms with E-state index in [9.17, 15) is 22.8 Å². The van der Waals surface area contributed by atoms with Crippen molar-refractivity contribution in [3.8, 4) is 11.3 Å². The van der Waals surface area contributed by atoms with E-state index in [1.54, 1.807) is 24.5 Å². The van der Waals surface area contributed by atoms with Crippen LogP contribution in [0.1, 0.15) is 60.3 Å². The first-order chi connectivity index (χ1) is 19.2. The van der Waals surface area contributed by atoms with Gasteiger partial charge in [-0.2, -0.15) is 18.3 Å². The Morgan fingerprint density at radius 2 is 2.00 bits per heavy atom. The summed E-state index contributed by atoms with van der Waals surface area (Å²) in [6.45, 7) is 3.37. The molecule has 5 rings (SSSR count). The Morgan fingerprint density at radius 1 is 1.23 bits per heavy atom. The molecule has 1 aliphatic heterocycles. The molecule has 10 nitrogen and oxygen atoms in total. The molecule has 3 N–H and O–H groups in total. The zero-order chi connectivity index (χ0) is 28.4. The summed E-state index contributed by atoms with van der Waals surface area (Å²) in [4.78, 5) is 36.1. The number of imidazole rings is 1. The van der Waals surface area contributed by atoms with Crippen LogP contribution in [0.3, 0.4) is 0 Å². The number of halogens is 3. The van der Waals surface area contributed by atoms with Gasteiger partial charge < -0.3 is 16.0 Å². The van der Waals surface area contributed by atoms with E-state index in [4.69, 9.17) is 10.7 Å². The van der Waals surface area contributed by atoms with Gasteiger partial charge in [0.15, 0.2) is 5.82 Å². The summed E-state index contributed by atoms with van der Waals surface area (Å²) in [7, 11) is 0. The number of hydrogen-bond acceptors (Lipinski definition) is 7. The number of aromatic nitrogens is 5. The van der Waals surface area contributed by atoms with Crippen molar-refractivity contribution >= 4 is 29.0 Å². The van der Waals surface area contributed by atoms with Crippen molar-refractivity contribution in [1.82, 2.24) is 29.5 Å². The minimum absolute atomic E-state index is 0.0197. The topological polar surface area (TPSA) is 131 Å². The zero-order valence-electron chi connectivity index (χ0n) is 21.6. The quantitative estimate of drug-likeness (QED) is 0.328. The third kappa shape index (κ3) is 5.44. The van der Waals surface area contributed by atoms with Crippen molar-refractivity contribution in [2.45, 2.75) is 44.7 Å². The summed E-state index contributed by atoms with van der Waals surface area (Å²) in [6, 6.07) is 7.16. The van der Waals surface area contributed by atoms with E-state index in [2.05, 4.69) is 27.4 Å². The van der Waals surface area contributed by atoms with Crippen LogP contribution in [0.25, 0.3) is 16.8 Å². The third-order valence-electron chi connectivity index (χ3n) is 6.87. The standard InChI is InChI=1S/C27H27F3N8O2/c1-2-4-18(15-37-11-3-5-21(37)39)25-35-22(23-24(31)32-10-12-38(23)25)16-6-8-17(9-7-16)26(40)34-20-13-19(14-33-36-20)27(28,29)30/h6-10,12-14,18H,2-5,11,15H2,1H3,(H2,31,32)(H,34,36,40). The molecule has 1 fully saturated rings. The van der Waals surface area contributed by atoms with Gasteiger partial charge in [0.2, 0.25) is 5.91 Å². The molecule has 4 heterocycles. The average Bonchev–Trinajstić information content (AvgIpc) is 3.52. The molecule has 40 heavy (non-hydrogen) atoms. The molecule has 1 saturated heterocycles. The highest BCUT2D eigenvalue weighted by molar-refractivity contribution is 6.04. The van der Waals surface area contributed by atoms with E-state index >= 15 is 0 Å². The van der Waals surface area contributed by atoms with Crippen LogP contribution in [0, 0.1) is 0 Å². The normalized spacial score (nSPS) is 14.6. The zero-order valence-corrected chi connectivity index (χ0v) is 21.6. The van der Waals surface area contributed by atoms with Crippen molar-refractivity contribution < 1.29 is 22.8 Å². The second kappa shape index (κ2) is 10.9. The third-order valence-corrected chi connectivity index (χ3v) is 6.87. The van der Waals surface area contributed by atoms with Crippen LogP contribution in [0.2, 0.25) is 0 Å². The molecule has 1 aliphatic rings. The van der Waals surface area contributed by atoms with E-state index in [0.717, 1.165) is 37.7 Å². The number of nitrogens with zero attached hydrogens (tertiary/aromatic N) is 6. The van der Waals surface area contributed by atoms with Crippen LogP contribution >= 0.6 is 0 Å². The highest BCUT2D eigenvalue weighted by Gasteiger charge is 2.32. The van der Waals surface area contributed by atoms with E-state index in [1.165, 1.54) is 12.1 Å². The summed E-state index contributed by atoms with van der Waals surface area (Å²) < 4.78 is 40.8. The average molecular weight is 553 g/mol. The maximum Gasteiger partial charge on any atom is 0.418 e. The van der Waals surface area contributed by atoms with Gasteiger partial charge in [0.1, 0.15) is 22.9 Å². The predicted octanol–water partition coefficient (Wildman–Crippen LogP) is 4.55. The number of benzene rings is 1. The van der Waals surface area contributed by atoms with Crippen LogP contribution in [0.5, 0.6) is 0 Å². The van der Waals surface area contributed by atoms with Crippen LogP contribution in [0.4, 0.5) is 24.8 Å². The number of anilines is 2. The second-order valence-electron chi connectivity index (χ2n) is 9.64. The first-order valence-corrected chi connectivity index (χ1v) is 12.9. The molecule has 2 amide bonds. The monoisotopic (exact) mass is 552 g/mol. The number of carbonyl (C=O) groups excluding carboxylic acids is 2. The summed E-state index contributed by atoms with van der Waals surface area (Å²) in [5.74, 6) is 0.224. The number of hydrogen-bond donors (Lipinski definition) is 2. The lowest BCUT2D eigenvalue weighted by atomic mass is 10.0. The molecule has 0 bridgehead atoms. The van der Waals surface area contributed by atoms with Crippen LogP contribution in [0.15, 0.2) is 48.9 Å². The molecule has 1 unspecified atom stereocenters. The minimum Gasteiger partial charge on any atom is -0.382 e. The van der Waals surface area contributed by atoms with Crippen LogP contribution in [-0.4, -0.2) is 54.4 Å². The van der Waals surface area contributed by atoms with E-state index in [0.29, 0.717) is 35.9 Å². The summed E-state index contributed by atoms with van der Waals surface area (Å²) in [6.07, 6.45) is 2.50. The Balaban J connectivity index is 1.44. The van der Waals surface area contributed by atoms with Gasteiger partial charge in [-0.25, -0.2) is 9.97 Å². The number of fused-ring (bicyclic) bond motifs is 1. The van der Waals surface area contributed by atoms with Crippen molar-refractivity contribution in [2.24, 2.45) is 0 Å².